The summed E-state index contributed by atoms with van der Waals surface area (Å²) in [7, 11) is 0. The Labute approximate surface area is 115 Å². The van der Waals surface area contributed by atoms with Gasteiger partial charge < -0.3 is 14.1 Å². The first-order valence-electron chi connectivity index (χ1n) is 6.48. The van der Waals surface area contributed by atoms with Crippen molar-refractivity contribution in [3.63, 3.8) is 0 Å². The molecule has 1 aromatic carbocycles. The average Bonchev–Trinajstić information content (AvgIpc) is 2.80. The molecule has 3 rings (SSSR count). The molecule has 1 aliphatic heterocycles. The molecule has 0 spiro atoms. The van der Waals surface area contributed by atoms with Gasteiger partial charge in [0.2, 0.25) is 0 Å². The number of nitro groups is 1. The summed E-state index contributed by atoms with van der Waals surface area (Å²) in [5.74, 6) is 0. The van der Waals surface area contributed by atoms with Crippen molar-refractivity contribution in [3.05, 3.63) is 28.3 Å². The number of ether oxygens (including phenoxy) is 1. The van der Waals surface area contributed by atoms with E-state index < -0.39 is 4.92 Å². The number of rotatable bonds is 2. The molecule has 1 saturated heterocycles. The van der Waals surface area contributed by atoms with Crippen LogP contribution in [-0.4, -0.2) is 35.2 Å². The van der Waals surface area contributed by atoms with Crippen molar-refractivity contribution in [1.82, 2.24) is 4.98 Å². The number of benzene rings is 1. The quantitative estimate of drug-likeness (QED) is 0.619. The van der Waals surface area contributed by atoms with Gasteiger partial charge in [-0.15, -0.1) is 0 Å². The molecule has 2 atom stereocenters. The van der Waals surface area contributed by atoms with Crippen LogP contribution in [0.4, 0.5) is 11.7 Å². The molecule has 0 saturated carbocycles. The molecule has 1 aliphatic rings. The van der Waals surface area contributed by atoms with Crippen LogP contribution in [0.1, 0.15) is 13.8 Å². The highest BCUT2D eigenvalue weighted by Gasteiger charge is 2.26. The molecule has 7 nitrogen and oxygen atoms in total. The molecule has 0 N–H and O–H groups in total. The SMILES string of the molecule is CC1CN(c2nc3ccc([N+](=O)[O-])cc3o2)CC(C)O1. The van der Waals surface area contributed by atoms with Gasteiger partial charge in [-0.3, -0.25) is 10.1 Å². The van der Waals surface area contributed by atoms with Crippen molar-refractivity contribution in [1.29, 1.82) is 0 Å². The third kappa shape index (κ3) is 2.32. The first-order valence-corrected chi connectivity index (χ1v) is 6.48. The molecule has 0 radical (unpaired) electrons. The lowest BCUT2D eigenvalue weighted by atomic mass is 10.2. The minimum absolute atomic E-state index is 0.00362. The zero-order valence-electron chi connectivity index (χ0n) is 11.3. The number of non-ortho nitro benzene ring substituents is 1. The summed E-state index contributed by atoms with van der Waals surface area (Å²) in [5, 5.41) is 10.8. The van der Waals surface area contributed by atoms with Gasteiger partial charge in [0.1, 0.15) is 5.52 Å². The Kier molecular flexibility index (Phi) is 3.06. The van der Waals surface area contributed by atoms with E-state index in [1.54, 1.807) is 6.07 Å². The normalized spacial score (nSPS) is 23.2. The summed E-state index contributed by atoms with van der Waals surface area (Å²) < 4.78 is 11.3. The van der Waals surface area contributed by atoms with Gasteiger partial charge in [-0.05, 0) is 19.9 Å². The number of hydrogen-bond donors (Lipinski definition) is 0. The highest BCUT2D eigenvalue weighted by molar-refractivity contribution is 5.77. The molecule has 1 fully saturated rings. The molecule has 2 aromatic rings. The van der Waals surface area contributed by atoms with Gasteiger partial charge in [0.15, 0.2) is 5.58 Å². The van der Waals surface area contributed by atoms with Crippen LogP contribution >= 0.6 is 0 Å². The molecule has 106 valence electrons. The van der Waals surface area contributed by atoms with Crippen LogP contribution in [-0.2, 0) is 4.74 Å². The van der Waals surface area contributed by atoms with E-state index in [0.29, 0.717) is 30.2 Å². The minimum atomic E-state index is -0.444. The van der Waals surface area contributed by atoms with Gasteiger partial charge in [-0.25, -0.2) is 0 Å². The monoisotopic (exact) mass is 277 g/mol. The van der Waals surface area contributed by atoms with Crippen molar-refractivity contribution in [3.8, 4) is 0 Å². The van der Waals surface area contributed by atoms with Crippen LogP contribution in [0.5, 0.6) is 0 Å². The second kappa shape index (κ2) is 4.75. The van der Waals surface area contributed by atoms with Gasteiger partial charge in [0, 0.05) is 19.2 Å². The molecular weight excluding hydrogens is 262 g/mol. The first-order chi connectivity index (χ1) is 9.52. The van der Waals surface area contributed by atoms with Crippen LogP contribution in [0.15, 0.2) is 22.6 Å². The third-order valence-corrected chi connectivity index (χ3v) is 3.26. The van der Waals surface area contributed by atoms with E-state index in [0.717, 1.165) is 0 Å². The van der Waals surface area contributed by atoms with Crippen LogP contribution in [0.2, 0.25) is 0 Å². The maximum atomic E-state index is 10.8. The summed E-state index contributed by atoms with van der Waals surface area (Å²) in [5.41, 5.74) is 1.06. The summed E-state index contributed by atoms with van der Waals surface area (Å²) >= 11 is 0. The number of nitrogens with zero attached hydrogens (tertiary/aromatic N) is 3. The fourth-order valence-corrected chi connectivity index (χ4v) is 2.48. The van der Waals surface area contributed by atoms with E-state index in [-0.39, 0.29) is 17.9 Å². The Hall–Kier alpha value is -2.15. The second-order valence-corrected chi connectivity index (χ2v) is 5.07. The highest BCUT2D eigenvalue weighted by Crippen LogP contribution is 2.27. The predicted octanol–water partition coefficient (Wildman–Crippen LogP) is 2.35. The van der Waals surface area contributed by atoms with E-state index in [4.69, 9.17) is 9.15 Å². The van der Waals surface area contributed by atoms with Crippen LogP contribution in [0, 0.1) is 10.1 Å². The van der Waals surface area contributed by atoms with Crippen LogP contribution in [0.25, 0.3) is 11.1 Å². The van der Waals surface area contributed by atoms with E-state index in [9.17, 15) is 10.1 Å². The van der Waals surface area contributed by atoms with Gasteiger partial charge in [-0.2, -0.15) is 4.98 Å². The lowest BCUT2D eigenvalue weighted by Gasteiger charge is -2.34. The number of hydrogen-bond acceptors (Lipinski definition) is 6. The van der Waals surface area contributed by atoms with Gasteiger partial charge in [-0.1, -0.05) is 0 Å². The number of fused-ring (bicyclic) bond motifs is 1. The molecule has 2 unspecified atom stereocenters. The maximum absolute atomic E-state index is 10.8. The Morgan fingerprint density at radius 1 is 1.35 bits per heavy atom. The Bertz CT molecular complexity index is 644. The summed E-state index contributed by atoms with van der Waals surface area (Å²) in [6, 6.07) is 4.93. The van der Waals surface area contributed by atoms with E-state index in [2.05, 4.69) is 4.98 Å². The van der Waals surface area contributed by atoms with E-state index >= 15 is 0 Å². The first kappa shape index (κ1) is 12.9. The largest absolute Gasteiger partial charge is 0.423 e. The van der Waals surface area contributed by atoms with E-state index in [1.807, 2.05) is 18.7 Å². The van der Waals surface area contributed by atoms with Gasteiger partial charge in [0.05, 0.1) is 23.2 Å². The number of morpholine rings is 1. The molecule has 7 heteroatoms. The lowest BCUT2D eigenvalue weighted by Crippen LogP contribution is -2.45. The van der Waals surface area contributed by atoms with E-state index in [1.165, 1.54) is 12.1 Å². The third-order valence-electron chi connectivity index (χ3n) is 3.26. The van der Waals surface area contributed by atoms with Crippen molar-refractivity contribution in [2.45, 2.75) is 26.1 Å². The predicted molar refractivity (Wildman–Crippen MR) is 72.9 cm³/mol. The molecular formula is C13H15N3O4. The number of nitro benzene ring substituents is 1. The zero-order chi connectivity index (χ0) is 14.3. The van der Waals surface area contributed by atoms with Crippen LogP contribution < -0.4 is 4.90 Å². The Morgan fingerprint density at radius 2 is 2.05 bits per heavy atom. The fraction of sp³-hybridized carbons (Fsp3) is 0.462. The summed E-state index contributed by atoms with van der Waals surface area (Å²) in [6.07, 6.45) is 0.200. The Balaban J connectivity index is 1.94. The summed E-state index contributed by atoms with van der Waals surface area (Å²) in [4.78, 5) is 16.7. The molecule has 2 heterocycles. The standard InChI is InChI=1S/C13H15N3O4/c1-8-6-15(7-9(2)19-8)13-14-11-4-3-10(16(17)18)5-12(11)20-13/h3-5,8-9H,6-7H2,1-2H3. The molecule has 0 bridgehead atoms. The van der Waals surface area contributed by atoms with Crippen LogP contribution in [0.3, 0.4) is 0 Å². The molecule has 0 aliphatic carbocycles. The Morgan fingerprint density at radius 3 is 2.70 bits per heavy atom. The zero-order valence-corrected chi connectivity index (χ0v) is 11.3. The molecule has 0 amide bonds. The number of aromatic nitrogens is 1. The lowest BCUT2D eigenvalue weighted by molar-refractivity contribution is -0.384. The topological polar surface area (TPSA) is 81.6 Å². The smallest absolute Gasteiger partial charge is 0.298 e. The summed E-state index contributed by atoms with van der Waals surface area (Å²) in [6.45, 7) is 5.38. The van der Waals surface area contributed by atoms with Crippen molar-refractivity contribution >= 4 is 22.8 Å². The average molecular weight is 277 g/mol. The minimum Gasteiger partial charge on any atom is -0.423 e. The van der Waals surface area contributed by atoms with Gasteiger partial charge in [0.25, 0.3) is 11.7 Å². The second-order valence-electron chi connectivity index (χ2n) is 5.07. The fourth-order valence-electron chi connectivity index (χ4n) is 2.48. The van der Waals surface area contributed by atoms with Crippen molar-refractivity contribution in [2.24, 2.45) is 0 Å². The highest BCUT2D eigenvalue weighted by atomic mass is 16.6. The number of oxazole rings is 1. The van der Waals surface area contributed by atoms with Crippen molar-refractivity contribution in [2.75, 3.05) is 18.0 Å². The van der Waals surface area contributed by atoms with Gasteiger partial charge >= 0.3 is 0 Å². The van der Waals surface area contributed by atoms with Crippen molar-refractivity contribution < 1.29 is 14.1 Å². The maximum Gasteiger partial charge on any atom is 0.298 e. The number of anilines is 1. The molecule has 20 heavy (non-hydrogen) atoms. The molecule has 1 aromatic heterocycles.